The molecule has 1 aliphatic rings. The Morgan fingerprint density at radius 1 is 0.364 bits per heavy atom. The molecule has 2 aromatic heterocycles. The number of fused-ring (bicyclic) bond motifs is 8. The molecule has 0 radical (unpaired) electrons. The summed E-state index contributed by atoms with van der Waals surface area (Å²) >= 11 is 3.81. The van der Waals surface area contributed by atoms with Crippen molar-refractivity contribution in [2.75, 3.05) is 0 Å². The molecule has 11 rings (SSSR count). The van der Waals surface area contributed by atoms with Gasteiger partial charge in [0.15, 0.2) is 0 Å². The molecule has 0 bridgehead atoms. The summed E-state index contributed by atoms with van der Waals surface area (Å²) < 4.78 is 4.95. The standard InChI is InChI=1S/C51H36N2S2/c1-32(2)39-17-11-18-41-43-29-48-50(31-46(43)53(51(39)41)38-26-22-36(23-27-38)34-14-7-4-8-15-34)54-47-28-42-40-16-9-10-19-44(40)52(45(42)30-49(47)55-48)37-24-20-35(21-25-37)33-12-5-3-6-13-33/h3-32H,1-2H3. The molecule has 0 spiro atoms. The minimum atomic E-state index is 0.390. The summed E-state index contributed by atoms with van der Waals surface area (Å²) in [5.41, 5.74) is 13.7. The fourth-order valence-corrected chi connectivity index (χ4v) is 10.8. The van der Waals surface area contributed by atoms with Crippen molar-refractivity contribution in [1.82, 2.24) is 9.13 Å². The van der Waals surface area contributed by atoms with Crippen molar-refractivity contribution in [2.45, 2.75) is 39.3 Å². The van der Waals surface area contributed by atoms with E-state index in [1.807, 2.05) is 23.5 Å². The van der Waals surface area contributed by atoms with Crippen LogP contribution in [0.25, 0.3) is 77.2 Å². The van der Waals surface area contributed by atoms with E-state index in [1.54, 1.807) is 0 Å². The summed E-state index contributed by atoms with van der Waals surface area (Å²) in [5.74, 6) is 0.390. The summed E-state index contributed by atoms with van der Waals surface area (Å²) in [6.07, 6.45) is 0. The van der Waals surface area contributed by atoms with Gasteiger partial charge in [0.25, 0.3) is 0 Å². The predicted molar refractivity (Wildman–Crippen MR) is 235 cm³/mol. The first kappa shape index (κ1) is 32.5. The second kappa shape index (κ2) is 12.8. The molecule has 0 saturated carbocycles. The van der Waals surface area contributed by atoms with Crippen molar-refractivity contribution in [3.8, 4) is 33.6 Å². The van der Waals surface area contributed by atoms with E-state index in [9.17, 15) is 0 Å². The Morgan fingerprint density at radius 2 is 0.818 bits per heavy atom. The molecule has 0 atom stereocenters. The Morgan fingerprint density at radius 3 is 1.40 bits per heavy atom. The maximum absolute atomic E-state index is 2.51. The Labute approximate surface area is 329 Å². The number of hydrogen-bond donors (Lipinski definition) is 0. The molecule has 0 unspecified atom stereocenters. The molecule has 1 aliphatic heterocycles. The van der Waals surface area contributed by atoms with Crippen molar-refractivity contribution in [3.05, 3.63) is 181 Å². The van der Waals surface area contributed by atoms with Crippen molar-refractivity contribution in [3.63, 3.8) is 0 Å². The van der Waals surface area contributed by atoms with Gasteiger partial charge in [0.2, 0.25) is 0 Å². The molecule has 0 aliphatic carbocycles. The summed E-state index contributed by atoms with van der Waals surface area (Å²) in [6, 6.07) is 64.8. The SMILES string of the molecule is CC(C)c1cccc2c3cc4c(cc3n(-c3ccc(-c5ccccc5)cc3)c12)Sc1cc2c3ccccc3n(-c3ccc(-c5ccccc5)cc3)c2cc1S4. The van der Waals surface area contributed by atoms with Crippen LogP contribution in [0.5, 0.6) is 0 Å². The Balaban J connectivity index is 1.06. The molecule has 8 aromatic carbocycles. The first-order valence-corrected chi connectivity index (χ1v) is 20.6. The van der Waals surface area contributed by atoms with Crippen molar-refractivity contribution in [1.29, 1.82) is 0 Å². The summed E-state index contributed by atoms with van der Waals surface area (Å²) in [5, 5.41) is 5.17. The Kier molecular flexibility index (Phi) is 7.58. The molecular formula is C51H36N2S2. The third-order valence-electron chi connectivity index (χ3n) is 11.1. The second-order valence-corrected chi connectivity index (χ2v) is 16.9. The topological polar surface area (TPSA) is 9.86 Å². The van der Waals surface area contributed by atoms with Gasteiger partial charge in [-0.25, -0.2) is 0 Å². The fourth-order valence-electron chi connectivity index (χ4n) is 8.51. The van der Waals surface area contributed by atoms with Gasteiger partial charge in [-0.2, -0.15) is 0 Å². The van der Waals surface area contributed by atoms with Crippen LogP contribution in [0, 0.1) is 0 Å². The third-order valence-corrected chi connectivity index (χ3v) is 13.6. The molecule has 10 aromatic rings. The highest BCUT2D eigenvalue weighted by atomic mass is 32.2. The molecule has 0 fully saturated rings. The summed E-state index contributed by atoms with van der Waals surface area (Å²) in [7, 11) is 0. The van der Waals surface area contributed by atoms with Crippen LogP contribution < -0.4 is 0 Å². The van der Waals surface area contributed by atoms with Gasteiger partial charge in [-0.15, -0.1) is 0 Å². The van der Waals surface area contributed by atoms with Gasteiger partial charge < -0.3 is 9.13 Å². The number of aromatic nitrogens is 2. The molecule has 55 heavy (non-hydrogen) atoms. The number of nitrogens with zero attached hydrogens (tertiary/aromatic N) is 2. The highest BCUT2D eigenvalue weighted by molar-refractivity contribution is 8.05. The summed E-state index contributed by atoms with van der Waals surface area (Å²) in [6.45, 7) is 4.61. The van der Waals surface area contributed by atoms with Gasteiger partial charge in [0.1, 0.15) is 0 Å². The maximum Gasteiger partial charge on any atom is 0.0575 e. The zero-order chi connectivity index (χ0) is 36.6. The molecule has 2 nitrogen and oxygen atoms in total. The minimum absolute atomic E-state index is 0.390. The van der Waals surface area contributed by atoms with Crippen LogP contribution in [0.1, 0.15) is 25.3 Å². The van der Waals surface area contributed by atoms with Crippen LogP contribution in [-0.4, -0.2) is 9.13 Å². The normalized spacial score (nSPS) is 12.6. The largest absolute Gasteiger partial charge is 0.309 e. The lowest BCUT2D eigenvalue weighted by atomic mass is 9.99. The Bertz CT molecular complexity index is 3080. The quantitative estimate of drug-likeness (QED) is 0.174. The molecule has 4 heteroatoms. The predicted octanol–water partition coefficient (Wildman–Crippen LogP) is 15.0. The van der Waals surface area contributed by atoms with Crippen molar-refractivity contribution in [2.24, 2.45) is 0 Å². The zero-order valence-corrected chi connectivity index (χ0v) is 32.2. The van der Waals surface area contributed by atoms with Gasteiger partial charge in [-0.05, 0) is 88.3 Å². The van der Waals surface area contributed by atoms with E-state index in [-0.39, 0.29) is 0 Å². The smallest absolute Gasteiger partial charge is 0.0575 e. The van der Waals surface area contributed by atoms with Gasteiger partial charge in [-0.1, -0.05) is 159 Å². The maximum atomic E-state index is 2.51. The number of para-hydroxylation sites is 2. The van der Waals surface area contributed by atoms with E-state index < -0.39 is 0 Å². The number of rotatable bonds is 5. The first-order chi connectivity index (χ1) is 27.1. The van der Waals surface area contributed by atoms with Crippen LogP contribution in [-0.2, 0) is 0 Å². The van der Waals surface area contributed by atoms with Gasteiger partial charge in [-0.3, -0.25) is 0 Å². The number of benzene rings is 8. The highest BCUT2D eigenvalue weighted by Crippen LogP contribution is 2.53. The molecular weight excluding hydrogens is 705 g/mol. The monoisotopic (exact) mass is 740 g/mol. The fraction of sp³-hybridized carbons (Fsp3) is 0.0588. The van der Waals surface area contributed by atoms with E-state index in [1.165, 1.54) is 102 Å². The van der Waals surface area contributed by atoms with Crippen LogP contribution in [0.15, 0.2) is 196 Å². The average Bonchev–Trinajstić information content (AvgIpc) is 3.73. The zero-order valence-electron chi connectivity index (χ0n) is 30.5. The first-order valence-electron chi connectivity index (χ1n) is 18.9. The van der Waals surface area contributed by atoms with Crippen molar-refractivity contribution < 1.29 is 0 Å². The summed E-state index contributed by atoms with van der Waals surface area (Å²) in [4.78, 5) is 5.23. The lowest BCUT2D eigenvalue weighted by molar-refractivity contribution is 0.869. The van der Waals surface area contributed by atoms with Crippen LogP contribution >= 0.6 is 23.5 Å². The van der Waals surface area contributed by atoms with E-state index in [2.05, 4.69) is 199 Å². The molecule has 0 N–H and O–H groups in total. The van der Waals surface area contributed by atoms with Gasteiger partial charge in [0.05, 0.1) is 22.1 Å². The van der Waals surface area contributed by atoms with E-state index in [0.29, 0.717) is 5.92 Å². The lowest BCUT2D eigenvalue weighted by Crippen LogP contribution is -1.99. The van der Waals surface area contributed by atoms with E-state index >= 15 is 0 Å². The van der Waals surface area contributed by atoms with Crippen molar-refractivity contribution >= 4 is 67.1 Å². The lowest BCUT2D eigenvalue weighted by Gasteiger charge is -2.20. The van der Waals surface area contributed by atoms with E-state index in [4.69, 9.17) is 0 Å². The molecule has 3 heterocycles. The minimum Gasteiger partial charge on any atom is -0.309 e. The molecule has 262 valence electrons. The Hall–Kier alpha value is -5.94. The van der Waals surface area contributed by atoms with Crippen LogP contribution in [0.3, 0.4) is 0 Å². The average molecular weight is 741 g/mol. The van der Waals surface area contributed by atoms with Crippen LogP contribution in [0.2, 0.25) is 0 Å². The highest BCUT2D eigenvalue weighted by Gasteiger charge is 2.25. The van der Waals surface area contributed by atoms with Gasteiger partial charge >= 0.3 is 0 Å². The second-order valence-electron chi connectivity index (χ2n) is 14.7. The third kappa shape index (κ3) is 5.27. The van der Waals surface area contributed by atoms with Crippen LogP contribution in [0.4, 0.5) is 0 Å². The van der Waals surface area contributed by atoms with E-state index in [0.717, 1.165) is 0 Å². The molecule has 0 amide bonds. The molecule has 0 saturated heterocycles. The number of hydrogen-bond acceptors (Lipinski definition) is 2. The van der Waals surface area contributed by atoms with Gasteiger partial charge in [0, 0.05) is 52.5 Å².